The topological polar surface area (TPSA) is 54.0 Å². The van der Waals surface area contributed by atoms with Crippen molar-refractivity contribution in [2.24, 2.45) is 0 Å². The second-order valence-electron chi connectivity index (χ2n) is 5.60. The number of hydrogen-bond acceptors (Lipinski definition) is 3. The third kappa shape index (κ3) is 5.77. The number of carbonyl (C=O) groups is 1. The van der Waals surface area contributed by atoms with E-state index in [0.29, 0.717) is 5.82 Å². The Morgan fingerprint density at radius 3 is 2.36 bits per heavy atom. The van der Waals surface area contributed by atoms with Crippen molar-refractivity contribution in [2.45, 2.75) is 32.4 Å². The van der Waals surface area contributed by atoms with Crippen LogP contribution in [0.1, 0.15) is 42.1 Å². The van der Waals surface area contributed by atoms with Gasteiger partial charge in [-0.05, 0) is 42.8 Å². The van der Waals surface area contributed by atoms with Crippen molar-refractivity contribution in [3.63, 3.8) is 0 Å². The van der Waals surface area contributed by atoms with Crippen LogP contribution in [0.25, 0.3) is 0 Å². The summed E-state index contributed by atoms with van der Waals surface area (Å²) in [5, 5.41) is 5.79. The average molecular weight is 351 g/mol. The molecule has 0 aliphatic heterocycles. The number of nitrogens with one attached hydrogen (secondary N) is 2. The Kier molecular flexibility index (Phi) is 6.38. The van der Waals surface area contributed by atoms with Crippen molar-refractivity contribution < 1.29 is 18.0 Å². The second-order valence-corrected chi connectivity index (χ2v) is 5.60. The molecule has 0 saturated heterocycles. The summed E-state index contributed by atoms with van der Waals surface area (Å²) >= 11 is 0. The lowest BCUT2D eigenvalue weighted by Crippen LogP contribution is -2.14. The minimum Gasteiger partial charge on any atom is -0.384 e. The van der Waals surface area contributed by atoms with Gasteiger partial charge in [0.05, 0.1) is 17.4 Å². The number of benzene rings is 1. The SMILES string of the molecule is CCCCCNc1ccc(NC(=O)c2ccc(C(F)(F)F)cc2)nc1. The molecule has 134 valence electrons. The Labute approximate surface area is 144 Å². The van der Waals surface area contributed by atoms with E-state index in [2.05, 4.69) is 22.5 Å². The van der Waals surface area contributed by atoms with Gasteiger partial charge in [0.25, 0.3) is 5.91 Å². The predicted molar refractivity (Wildman–Crippen MR) is 91.6 cm³/mol. The van der Waals surface area contributed by atoms with Crippen LogP contribution in [-0.2, 0) is 6.18 Å². The second kappa shape index (κ2) is 8.50. The van der Waals surface area contributed by atoms with Crippen LogP contribution >= 0.6 is 0 Å². The third-order valence-electron chi connectivity index (χ3n) is 3.59. The van der Waals surface area contributed by atoms with Crippen molar-refractivity contribution in [3.05, 3.63) is 53.7 Å². The number of nitrogens with zero attached hydrogens (tertiary/aromatic N) is 1. The minimum absolute atomic E-state index is 0.136. The van der Waals surface area contributed by atoms with Gasteiger partial charge < -0.3 is 10.6 Å². The number of unbranched alkanes of at least 4 members (excludes halogenated alkanes) is 2. The van der Waals surface area contributed by atoms with E-state index in [1.807, 2.05) is 0 Å². The zero-order valence-electron chi connectivity index (χ0n) is 13.9. The maximum absolute atomic E-state index is 12.5. The van der Waals surface area contributed by atoms with Gasteiger partial charge in [-0.1, -0.05) is 19.8 Å². The Balaban J connectivity index is 1.92. The first kappa shape index (κ1) is 18.8. The van der Waals surface area contributed by atoms with Crippen molar-refractivity contribution in [3.8, 4) is 0 Å². The van der Waals surface area contributed by atoms with Crippen LogP contribution in [0, 0.1) is 0 Å². The Hall–Kier alpha value is -2.57. The van der Waals surface area contributed by atoms with Gasteiger partial charge in [-0.25, -0.2) is 4.98 Å². The minimum atomic E-state index is -4.42. The van der Waals surface area contributed by atoms with E-state index in [1.165, 1.54) is 0 Å². The van der Waals surface area contributed by atoms with Crippen LogP contribution in [0.5, 0.6) is 0 Å². The standard InChI is InChI=1S/C18H20F3N3O/c1-2-3-4-11-22-15-9-10-16(23-12-15)24-17(25)13-5-7-14(8-6-13)18(19,20)21/h5-10,12,22H,2-4,11H2,1H3,(H,23,24,25). The molecule has 0 atom stereocenters. The molecule has 0 spiro atoms. The lowest BCUT2D eigenvalue weighted by atomic mass is 10.1. The van der Waals surface area contributed by atoms with Crippen LogP contribution in [0.15, 0.2) is 42.6 Å². The van der Waals surface area contributed by atoms with Gasteiger partial charge in [0.2, 0.25) is 0 Å². The van der Waals surface area contributed by atoms with Crippen LogP contribution < -0.4 is 10.6 Å². The van der Waals surface area contributed by atoms with E-state index in [-0.39, 0.29) is 5.56 Å². The lowest BCUT2D eigenvalue weighted by Gasteiger charge is -2.09. The number of amides is 1. The number of carbonyl (C=O) groups excluding carboxylic acids is 1. The van der Waals surface area contributed by atoms with Crippen LogP contribution in [0.4, 0.5) is 24.7 Å². The Morgan fingerprint density at radius 1 is 1.08 bits per heavy atom. The molecule has 0 unspecified atom stereocenters. The summed E-state index contributed by atoms with van der Waals surface area (Å²) in [7, 11) is 0. The summed E-state index contributed by atoms with van der Waals surface area (Å²) in [4.78, 5) is 16.2. The number of pyridine rings is 1. The van der Waals surface area contributed by atoms with Gasteiger partial charge in [0.15, 0.2) is 0 Å². The van der Waals surface area contributed by atoms with Crippen molar-refractivity contribution in [1.29, 1.82) is 0 Å². The molecule has 1 heterocycles. The summed E-state index contributed by atoms with van der Waals surface area (Å²) in [6, 6.07) is 7.48. The fourth-order valence-electron chi connectivity index (χ4n) is 2.18. The molecule has 1 aromatic carbocycles. The molecule has 0 aliphatic rings. The number of hydrogen-bond donors (Lipinski definition) is 2. The molecule has 1 aromatic heterocycles. The summed E-state index contributed by atoms with van der Waals surface area (Å²) in [6.45, 7) is 2.99. The van der Waals surface area contributed by atoms with Crippen molar-refractivity contribution in [2.75, 3.05) is 17.2 Å². The van der Waals surface area contributed by atoms with E-state index in [4.69, 9.17) is 0 Å². The van der Waals surface area contributed by atoms with E-state index in [1.54, 1.807) is 18.3 Å². The predicted octanol–water partition coefficient (Wildman–Crippen LogP) is 4.95. The number of rotatable bonds is 7. The molecule has 0 saturated carbocycles. The molecule has 2 aromatic rings. The van der Waals surface area contributed by atoms with Crippen molar-refractivity contribution in [1.82, 2.24) is 4.98 Å². The van der Waals surface area contributed by atoms with Crippen LogP contribution in [0.3, 0.4) is 0 Å². The molecule has 1 amide bonds. The highest BCUT2D eigenvalue weighted by Gasteiger charge is 2.30. The molecule has 0 radical (unpaired) electrons. The highest BCUT2D eigenvalue weighted by molar-refractivity contribution is 6.03. The van der Waals surface area contributed by atoms with E-state index in [9.17, 15) is 18.0 Å². The zero-order valence-corrected chi connectivity index (χ0v) is 13.9. The summed E-state index contributed by atoms with van der Waals surface area (Å²) in [5.74, 6) is -0.172. The Bertz CT molecular complexity index is 682. The lowest BCUT2D eigenvalue weighted by molar-refractivity contribution is -0.137. The largest absolute Gasteiger partial charge is 0.416 e. The quantitative estimate of drug-likeness (QED) is 0.694. The number of alkyl halides is 3. The molecule has 7 heteroatoms. The highest BCUT2D eigenvalue weighted by Crippen LogP contribution is 2.29. The van der Waals surface area contributed by atoms with E-state index >= 15 is 0 Å². The zero-order chi connectivity index (χ0) is 18.3. The monoisotopic (exact) mass is 351 g/mol. The molecule has 0 bridgehead atoms. The Morgan fingerprint density at radius 2 is 1.80 bits per heavy atom. The number of aromatic nitrogens is 1. The molecule has 25 heavy (non-hydrogen) atoms. The van der Waals surface area contributed by atoms with Crippen LogP contribution in [0.2, 0.25) is 0 Å². The van der Waals surface area contributed by atoms with Gasteiger partial charge in [0.1, 0.15) is 5.82 Å². The molecule has 4 nitrogen and oxygen atoms in total. The first-order valence-corrected chi connectivity index (χ1v) is 8.08. The van der Waals surface area contributed by atoms with E-state index < -0.39 is 17.6 Å². The maximum Gasteiger partial charge on any atom is 0.416 e. The summed E-state index contributed by atoms with van der Waals surface area (Å²) in [6.07, 6.45) is 0.560. The fraction of sp³-hybridized carbons (Fsp3) is 0.333. The summed E-state index contributed by atoms with van der Waals surface area (Å²) in [5.41, 5.74) is 0.195. The smallest absolute Gasteiger partial charge is 0.384 e. The third-order valence-corrected chi connectivity index (χ3v) is 3.59. The molecule has 2 rings (SSSR count). The molecular formula is C18H20F3N3O. The van der Waals surface area contributed by atoms with Gasteiger partial charge >= 0.3 is 6.18 Å². The summed E-state index contributed by atoms with van der Waals surface area (Å²) < 4.78 is 37.6. The van der Waals surface area contributed by atoms with Gasteiger partial charge in [-0.3, -0.25) is 4.79 Å². The van der Waals surface area contributed by atoms with Crippen LogP contribution in [-0.4, -0.2) is 17.4 Å². The maximum atomic E-state index is 12.5. The normalized spacial score (nSPS) is 11.2. The first-order valence-electron chi connectivity index (χ1n) is 8.08. The van der Waals surface area contributed by atoms with Gasteiger partial charge in [0, 0.05) is 12.1 Å². The first-order chi connectivity index (χ1) is 11.9. The highest BCUT2D eigenvalue weighted by atomic mass is 19.4. The van der Waals surface area contributed by atoms with Crippen molar-refractivity contribution >= 4 is 17.4 Å². The number of anilines is 2. The molecule has 0 aliphatic carbocycles. The van der Waals surface area contributed by atoms with Gasteiger partial charge in [-0.15, -0.1) is 0 Å². The molecular weight excluding hydrogens is 331 g/mol. The molecule has 2 N–H and O–H groups in total. The number of halogens is 3. The van der Waals surface area contributed by atoms with E-state index in [0.717, 1.165) is 55.8 Å². The average Bonchev–Trinajstić information content (AvgIpc) is 2.59. The molecule has 0 fully saturated rings. The fourth-order valence-corrected chi connectivity index (χ4v) is 2.18. The van der Waals surface area contributed by atoms with Gasteiger partial charge in [-0.2, -0.15) is 13.2 Å².